The van der Waals surface area contributed by atoms with Crippen LogP contribution in [0.15, 0.2) is 24.4 Å². The zero-order chi connectivity index (χ0) is 12.3. The van der Waals surface area contributed by atoms with Crippen molar-refractivity contribution in [3.05, 3.63) is 24.4 Å². The largest absolute Gasteiger partial charge is 0.493 e. The maximum absolute atomic E-state index is 5.30. The number of aromatic nitrogens is 1. The number of rotatable bonds is 4. The van der Waals surface area contributed by atoms with Gasteiger partial charge in [-0.3, -0.25) is 4.98 Å². The molecule has 4 nitrogen and oxygen atoms in total. The van der Waals surface area contributed by atoms with Crippen LogP contribution in [0.3, 0.4) is 0 Å². The second-order valence-corrected chi connectivity index (χ2v) is 3.61. The van der Waals surface area contributed by atoms with Gasteiger partial charge in [-0.1, -0.05) is 0 Å². The SMILES string of the molecule is CCNc1ccnc2cc(OC)c(OC)cc12. The average molecular weight is 232 g/mol. The molecule has 0 fully saturated rings. The third kappa shape index (κ3) is 2.11. The average Bonchev–Trinajstić information content (AvgIpc) is 2.38. The van der Waals surface area contributed by atoms with Crippen molar-refractivity contribution in [3.8, 4) is 11.5 Å². The quantitative estimate of drug-likeness (QED) is 0.880. The van der Waals surface area contributed by atoms with E-state index in [4.69, 9.17) is 9.47 Å². The van der Waals surface area contributed by atoms with Crippen LogP contribution in [0.2, 0.25) is 0 Å². The molecule has 0 amide bonds. The minimum atomic E-state index is 0.696. The van der Waals surface area contributed by atoms with E-state index in [0.717, 1.165) is 23.1 Å². The zero-order valence-corrected chi connectivity index (χ0v) is 10.3. The lowest BCUT2D eigenvalue weighted by Crippen LogP contribution is -1.98. The van der Waals surface area contributed by atoms with E-state index >= 15 is 0 Å². The Labute approximate surface area is 101 Å². The number of anilines is 1. The summed E-state index contributed by atoms with van der Waals surface area (Å²) in [7, 11) is 3.25. The molecule has 1 N–H and O–H groups in total. The fraction of sp³-hybridized carbons (Fsp3) is 0.308. The lowest BCUT2D eigenvalue weighted by molar-refractivity contribution is 0.356. The fourth-order valence-corrected chi connectivity index (χ4v) is 1.82. The van der Waals surface area contributed by atoms with Gasteiger partial charge in [0.15, 0.2) is 11.5 Å². The van der Waals surface area contributed by atoms with Crippen LogP contribution in [0.4, 0.5) is 5.69 Å². The Bertz CT molecular complexity index is 526. The van der Waals surface area contributed by atoms with Crippen molar-refractivity contribution >= 4 is 16.6 Å². The summed E-state index contributed by atoms with van der Waals surface area (Å²) in [5.74, 6) is 1.41. The topological polar surface area (TPSA) is 43.4 Å². The normalized spacial score (nSPS) is 10.3. The van der Waals surface area contributed by atoms with Crippen molar-refractivity contribution in [2.75, 3.05) is 26.1 Å². The lowest BCUT2D eigenvalue weighted by atomic mass is 10.1. The molecular formula is C13H16N2O2. The van der Waals surface area contributed by atoms with Crippen molar-refractivity contribution < 1.29 is 9.47 Å². The van der Waals surface area contributed by atoms with Gasteiger partial charge in [-0.25, -0.2) is 0 Å². The van der Waals surface area contributed by atoms with Gasteiger partial charge in [0.05, 0.1) is 19.7 Å². The molecule has 0 unspecified atom stereocenters. The highest BCUT2D eigenvalue weighted by Gasteiger charge is 2.09. The van der Waals surface area contributed by atoms with Crippen molar-refractivity contribution in [1.82, 2.24) is 4.98 Å². The summed E-state index contributed by atoms with van der Waals surface area (Å²) in [4.78, 5) is 4.33. The van der Waals surface area contributed by atoms with Gasteiger partial charge >= 0.3 is 0 Å². The molecular weight excluding hydrogens is 216 g/mol. The predicted molar refractivity (Wildman–Crippen MR) is 69.0 cm³/mol. The number of nitrogens with one attached hydrogen (secondary N) is 1. The predicted octanol–water partition coefficient (Wildman–Crippen LogP) is 2.68. The number of fused-ring (bicyclic) bond motifs is 1. The molecule has 2 rings (SSSR count). The van der Waals surface area contributed by atoms with Crippen LogP contribution in [-0.4, -0.2) is 25.7 Å². The molecule has 0 aliphatic carbocycles. The van der Waals surface area contributed by atoms with Crippen molar-refractivity contribution in [2.45, 2.75) is 6.92 Å². The van der Waals surface area contributed by atoms with Gasteiger partial charge in [-0.2, -0.15) is 0 Å². The molecule has 17 heavy (non-hydrogen) atoms. The maximum atomic E-state index is 5.30. The number of nitrogens with zero attached hydrogens (tertiary/aromatic N) is 1. The summed E-state index contributed by atoms with van der Waals surface area (Å²) in [5, 5.41) is 4.34. The molecule has 2 aromatic rings. The first-order valence-corrected chi connectivity index (χ1v) is 5.54. The monoisotopic (exact) mass is 232 g/mol. The molecule has 90 valence electrons. The first kappa shape index (κ1) is 11.5. The van der Waals surface area contributed by atoms with Gasteiger partial charge in [0, 0.05) is 29.9 Å². The van der Waals surface area contributed by atoms with Gasteiger partial charge in [-0.15, -0.1) is 0 Å². The Morgan fingerprint density at radius 1 is 1.18 bits per heavy atom. The molecule has 1 aromatic heterocycles. The summed E-state index contributed by atoms with van der Waals surface area (Å²) in [6.07, 6.45) is 1.78. The van der Waals surface area contributed by atoms with Gasteiger partial charge in [0.1, 0.15) is 0 Å². The van der Waals surface area contributed by atoms with Gasteiger partial charge < -0.3 is 14.8 Å². The summed E-state index contributed by atoms with van der Waals surface area (Å²) in [6, 6.07) is 5.78. The zero-order valence-electron chi connectivity index (χ0n) is 10.3. The summed E-state index contributed by atoms with van der Waals surface area (Å²) in [5.41, 5.74) is 1.94. The highest BCUT2D eigenvalue weighted by atomic mass is 16.5. The highest BCUT2D eigenvalue weighted by Crippen LogP contribution is 2.34. The Morgan fingerprint density at radius 3 is 2.53 bits per heavy atom. The standard InChI is InChI=1S/C13H16N2O2/c1-4-14-10-5-6-15-11-8-13(17-3)12(16-2)7-9(10)11/h5-8H,4H2,1-3H3,(H,14,15). The summed E-state index contributed by atoms with van der Waals surface area (Å²) in [6.45, 7) is 2.93. The highest BCUT2D eigenvalue weighted by molar-refractivity contribution is 5.93. The van der Waals surface area contributed by atoms with Gasteiger partial charge in [-0.05, 0) is 19.1 Å². The number of hydrogen-bond acceptors (Lipinski definition) is 4. The van der Waals surface area contributed by atoms with E-state index in [1.807, 2.05) is 18.2 Å². The molecule has 0 saturated carbocycles. The van der Waals surface area contributed by atoms with E-state index in [2.05, 4.69) is 17.2 Å². The van der Waals surface area contributed by atoms with Crippen LogP contribution in [0.5, 0.6) is 11.5 Å². The van der Waals surface area contributed by atoms with E-state index in [1.54, 1.807) is 20.4 Å². The Morgan fingerprint density at radius 2 is 1.88 bits per heavy atom. The van der Waals surface area contributed by atoms with Crippen LogP contribution >= 0.6 is 0 Å². The molecule has 0 saturated heterocycles. The molecule has 0 radical (unpaired) electrons. The first-order valence-electron chi connectivity index (χ1n) is 5.54. The molecule has 0 bridgehead atoms. The second-order valence-electron chi connectivity index (χ2n) is 3.61. The van der Waals surface area contributed by atoms with E-state index in [9.17, 15) is 0 Å². The molecule has 0 atom stereocenters. The number of benzene rings is 1. The van der Waals surface area contributed by atoms with E-state index in [1.165, 1.54) is 0 Å². The minimum Gasteiger partial charge on any atom is -0.493 e. The van der Waals surface area contributed by atoms with Gasteiger partial charge in [0.25, 0.3) is 0 Å². The summed E-state index contributed by atoms with van der Waals surface area (Å²) >= 11 is 0. The van der Waals surface area contributed by atoms with Crippen LogP contribution < -0.4 is 14.8 Å². The Kier molecular flexibility index (Phi) is 3.32. The van der Waals surface area contributed by atoms with E-state index in [-0.39, 0.29) is 0 Å². The van der Waals surface area contributed by atoms with E-state index < -0.39 is 0 Å². The minimum absolute atomic E-state index is 0.696. The van der Waals surface area contributed by atoms with E-state index in [0.29, 0.717) is 11.5 Å². The number of methoxy groups -OCH3 is 2. The van der Waals surface area contributed by atoms with Crippen LogP contribution in [0.1, 0.15) is 6.92 Å². The molecule has 0 aliphatic rings. The van der Waals surface area contributed by atoms with Gasteiger partial charge in [0.2, 0.25) is 0 Å². The number of ether oxygens (including phenoxy) is 2. The first-order chi connectivity index (χ1) is 8.30. The molecule has 4 heteroatoms. The van der Waals surface area contributed by atoms with Crippen LogP contribution in [0, 0.1) is 0 Å². The smallest absolute Gasteiger partial charge is 0.162 e. The van der Waals surface area contributed by atoms with Crippen molar-refractivity contribution in [2.24, 2.45) is 0 Å². The van der Waals surface area contributed by atoms with Crippen molar-refractivity contribution in [3.63, 3.8) is 0 Å². The second kappa shape index (κ2) is 4.91. The molecule has 1 heterocycles. The third-order valence-corrected chi connectivity index (χ3v) is 2.61. The number of pyridine rings is 1. The lowest BCUT2D eigenvalue weighted by Gasteiger charge is -2.11. The van der Waals surface area contributed by atoms with Crippen LogP contribution in [0.25, 0.3) is 10.9 Å². The molecule has 1 aromatic carbocycles. The third-order valence-electron chi connectivity index (χ3n) is 2.61. The fourth-order valence-electron chi connectivity index (χ4n) is 1.82. The molecule has 0 aliphatic heterocycles. The number of hydrogen-bond donors (Lipinski definition) is 1. The van der Waals surface area contributed by atoms with Crippen LogP contribution in [-0.2, 0) is 0 Å². The maximum Gasteiger partial charge on any atom is 0.162 e. The summed E-state index contributed by atoms with van der Waals surface area (Å²) < 4.78 is 10.6. The van der Waals surface area contributed by atoms with Crippen molar-refractivity contribution in [1.29, 1.82) is 0 Å². The Hall–Kier alpha value is -1.97. The Balaban J connectivity index is 2.64. The molecule has 0 spiro atoms.